The summed E-state index contributed by atoms with van der Waals surface area (Å²) in [4.78, 5) is 21.9. The molecule has 0 fully saturated rings. The maximum absolute atomic E-state index is 11.3. The number of hydrogen-bond donors (Lipinski definition) is 3. The van der Waals surface area contributed by atoms with Gasteiger partial charge in [0.15, 0.2) is 0 Å². The van der Waals surface area contributed by atoms with Crippen LogP contribution in [0, 0.1) is 0 Å². The van der Waals surface area contributed by atoms with Gasteiger partial charge in [-0.1, -0.05) is 6.92 Å². The van der Waals surface area contributed by atoms with Crippen molar-refractivity contribution in [3.8, 4) is 0 Å². The van der Waals surface area contributed by atoms with Crippen molar-refractivity contribution in [1.29, 1.82) is 0 Å². The molecule has 0 aromatic heterocycles. The molecule has 0 aromatic rings. The van der Waals surface area contributed by atoms with Crippen molar-refractivity contribution in [2.45, 2.75) is 32.4 Å². The van der Waals surface area contributed by atoms with Crippen molar-refractivity contribution in [3.05, 3.63) is 0 Å². The van der Waals surface area contributed by atoms with Gasteiger partial charge in [0.1, 0.15) is 6.04 Å². The average Bonchev–Trinajstić information content (AvgIpc) is 2.13. The minimum Gasteiger partial charge on any atom is -0.480 e. The van der Waals surface area contributed by atoms with Gasteiger partial charge in [-0.25, -0.2) is 9.59 Å². The van der Waals surface area contributed by atoms with Crippen LogP contribution in [-0.4, -0.2) is 41.2 Å². The van der Waals surface area contributed by atoms with Crippen molar-refractivity contribution in [1.82, 2.24) is 10.6 Å². The molecule has 2 amide bonds. The molecule has 0 aromatic carbocycles. The lowest BCUT2D eigenvalue weighted by molar-refractivity contribution is -0.139. The summed E-state index contributed by atoms with van der Waals surface area (Å²) in [6.45, 7) is 3.59. The third-order valence-electron chi connectivity index (χ3n) is 1.81. The van der Waals surface area contributed by atoms with Crippen molar-refractivity contribution < 1.29 is 14.7 Å². The molecule has 3 N–H and O–H groups in total. The fourth-order valence-electron chi connectivity index (χ4n) is 1.05. The second kappa shape index (κ2) is 7.39. The molecule has 0 spiro atoms. The van der Waals surface area contributed by atoms with Crippen LogP contribution in [0.4, 0.5) is 4.79 Å². The number of hydrogen-bond acceptors (Lipinski definition) is 3. The minimum atomic E-state index is -1.01. The van der Waals surface area contributed by atoms with Crippen molar-refractivity contribution >= 4 is 23.8 Å². The number of aliphatic carboxylic acids is 1. The van der Waals surface area contributed by atoms with E-state index in [-0.39, 0.29) is 6.04 Å². The van der Waals surface area contributed by atoms with Gasteiger partial charge in [-0.05, 0) is 19.6 Å². The Bertz CT molecular complexity index is 223. The number of carbonyl (C=O) groups excluding carboxylic acids is 1. The number of thioether (sulfide) groups is 1. The Morgan fingerprint density at radius 3 is 2.40 bits per heavy atom. The predicted octanol–water partition coefficient (Wildman–Crippen LogP) is 0.900. The van der Waals surface area contributed by atoms with Crippen LogP contribution < -0.4 is 10.6 Å². The van der Waals surface area contributed by atoms with E-state index in [1.807, 2.05) is 13.2 Å². The Kier molecular flexibility index (Phi) is 6.94. The molecule has 88 valence electrons. The van der Waals surface area contributed by atoms with Gasteiger partial charge in [0.25, 0.3) is 0 Å². The van der Waals surface area contributed by atoms with E-state index in [2.05, 4.69) is 10.6 Å². The molecule has 0 saturated heterocycles. The second-order valence-corrected chi connectivity index (χ2v) is 4.18. The van der Waals surface area contributed by atoms with Crippen molar-refractivity contribution in [3.63, 3.8) is 0 Å². The molecule has 0 saturated carbocycles. The molecule has 0 heterocycles. The number of carboxylic acids is 1. The number of carbonyl (C=O) groups is 2. The highest BCUT2D eigenvalue weighted by molar-refractivity contribution is 7.98. The molecule has 2 atom stereocenters. The molecule has 5 nitrogen and oxygen atoms in total. The van der Waals surface area contributed by atoms with Gasteiger partial charge in [-0.2, -0.15) is 11.8 Å². The van der Waals surface area contributed by atoms with E-state index in [0.29, 0.717) is 6.42 Å². The van der Waals surface area contributed by atoms with Crippen LogP contribution in [0.15, 0.2) is 0 Å². The van der Waals surface area contributed by atoms with Crippen molar-refractivity contribution in [2.24, 2.45) is 0 Å². The summed E-state index contributed by atoms with van der Waals surface area (Å²) in [5.74, 6) is -0.206. The molecule has 15 heavy (non-hydrogen) atoms. The van der Waals surface area contributed by atoms with E-state index in [0.717, 1.165) is 5.75 Å². The molecule has 0 bridgehead atoms. The Balaban J connectivity index is 3.96. The molecule has 6 heteroatoms. The summed E-state index contributed by atoms with van der Waals surface area (Å²) in [5.41, 5.74) is 0. The van der Waals surface area contributed by atoms with Crippen LogP contribution in [-0.2, 0) is 4.79 Å². The zero-order chi connectivity index (χ0) is 11.8. The summed E-state index contributed by atoms with van der Waals surface area (Å²) in [6, 6.07) is -1.21. The first-order valence-corrected chi connectivity index (χ1v) is 6.19. The maximum atomic E-state index is 11.3. The van der Waals surface area contributed by atoms with Crippen LogP contribution in [0.25, 0.3) is 0 Å². The monoisotopic (exact) mass is 234 g/mol. The lowest BCUT2D eigenvalue weighted by Gasteiger charge is -2.16. The maximum Gasteiger partial charge on any atom is 0.326 e. The van der Waals surface area contributed by atoms with Gasteiger partial charge in [0.2, 0.25) is 0 Å². The highest BCUT2D eigenvalue weighted by Crippen LogP contribution is 1.96. The minimum absolute atomic E-state index is 0.0336. The molecule has 0 radical (unpaired) electrons. The molecule has 0 rings (SSSR count). The quantitative estimate of drug-likeness (QED) is 0.638. The van der Waals surface area contributed by atoms with E-state index in [1.54, 1.807) is 18.7 Å². The van der Waals surface area contributed by atoms with Crippen LogP contribution in [0.3, 0.4) is 0 Å². The zero-order valence-electron chi connectivity index (χ0n) is 9.24. The SMILES string of the molecule is CC[C@@H](NC(=O)NC(C)CSC)C(=O)O. The third-order valence-corrected chi connectivity index (χ3v) is 2.64. The first-order valence-electron chi connectivity index (χ1n) is 4.80. The van der Waals surface area contributed by atoms with Gasteiger partial charge in [0, 0.05) is 11.8 Å². The summed E-state index contributed by atoms with van der Waals surface area (Å²) in [7, 11) is 0. The number of amides is 2. The van der Waals surface area contributed by atoms with Gasteiger partial charge in [-0.15, -0.1) is 0 Å². The number of urea groups is 1. The predicted molar refractivity (Wildman–Crippen MR) is 61.2 cm³/mol. The lowest BCUT2D eigenvalue weighted by atomic mass is 10.2. The van der Waals surface area contributed by atoms with E-state index < -0.39 is 18.0 Å². The number of nitrogens with one attached hydrogen (secondary N) is 2. The van der Waals surface area contributed by atoms with Crippen LogP contribution in [0.2, 0.25) is 0 Å². The normalized spacial score (nSPS) is 14.1. The van der Waals surface area contributed by atoms with Gasteiger partial charge in [0.05, 0.1) is 0 Å². The smallest absolute Gasteiger partial charge is 0.326 e. The highest BCUT2D eigenvalue weighted by atomic mass is 32.2. The summed E-state index contributed by atoms with van der Waals surface area (Å²) in [5, 5.41) is 13.8. The Labute approximate surface area is 94.0 Å². The topological polar surface area (TPSA) is 78.4 Å². The molecule has 0 aliphatic rings. The molecule has 0 aliphatic heterocycles. The summed E-state index contributed by atoms with van der Waals surface area (Å²) >= 11 is 1.62. The zero-order valence-corrected chi connectivity index (χ0v) is 10.1. The Morgan fingerprint density at radius 2 is 2.00 bits per heavy atom. The Morgan fingerprint density at radius 1 is 1.40 bits per heavy atom. The van der Waals surface area contributed by atoms with E-state index >= 15 is 0 Å². The molecule has 0 aliphatic carbocycles. The average molecular weight is 234 g/mol. The second-order valence-electron chi connectivity index (χ2n) is 3.27. The third kappa shape index (κ3) is 6.22. The van der Waals surface area contributed by atoms with E-state index in [1.165, 1.54) is 0 Å². The largest absolute Gasteiger partial charge is 0.480 e. The van der Waals surface area contributed by atoms with Crippen molar-refractivity contribution in [2.75, 3.05) is 12.0 Å². The van der Waals surface area contributed by atoms with Gasteiger partial charge in [-0.3, -0.25) is 0 Å². The fraction of sp³-hybridized carbons (Fsp3) is 0.778. The first kappa shape index (κ1) is 14.1. The van der Waals surface area contributed by atoms with Crippen LogP contribution in [0.5, 0.6) is 0 Å². The molecular weight excluding hydrogens is 216 g/mol. The van der Waals surface area contributed by atoms with Crippen LogP contribution >= 0.6 is 11.8 Å². The van der Waals surface area contributed by atoms with E-state index in [9.17, 15) is 9.59 Å². The fourth-order valence-corrected chi connectivity index (χ4v) is 1.64. The van der Waals surface area contributed by atoms with Gasteiger partial charge >= 0.3 is 12.0 Å². The standard InChI is InChI=1S/C9H18N2O3S/c1-4-7(8(12)13)11-9(14)10-6(2)5-15-3/h6-7H,4-5H2,1-3H3,(H,12,13)(H2,10,11,14)/t6?,7-/m1/s1. The Hall–Kier alpha value is -0.910. The highest BCUT2D eigenvalue weighted by Gasteiger charge is 2.17. The van der Waals surface area contributed by atoms with Gasteiger partial charge < -0.3 is 15.7 Å². The summed E-state index contributed by atoms with van der Waals surface area (Å²) < 4.78 is 0. The summed E-state index contributed by atoms with van der Waals surface area (Å²) in [6.07, 6.45) is 2.32. The number of rotatable bonds is 6. The van der Waals surface area contributed by atoms with E-state index in [4.69, 9.17) is 5.11 Å². The first-order chi connectivity index (χ1) is 7.01. The van der Waals surface area contributed by atoms with Crippen LogP contribution in [0.1, 0.15) is 20.3 Å². The molecular formula is C9H18N2O3S. The lowest BCUT2D eigenvalue weighted by Crippen LogP contribution is -2.48. The number of carboxylic acid groups (broad SMARTS) is 1. The molecule has 1 unspecified atom stereocenters.